The van der Waals surface area contributed by atoms with Gasteiger partial charge in [0.15, 0.2) is 0 Å². The zero-order valence-electron chi connectivity index (χ0n) is 11.6. The fourth-order valence-electron chi connectivity index (χ4n) is 2.94. The van der Waals surface area contributed by atoms with Gasteiger partial charge in [-0.2, -0.15) is 0 Å². The lowest BCUT2D eigenvalue weighted by molar-refractivity contribution is 0.0600. The molecule has 0 radical (unpaired) electrons. The summed E-state index contributed by atoms with van der Waals surface area (Å²) in [5.74, 6) is 1.02. The molecular weight excluding hydrogens is 278 g/mol. The lowest BCUT2D eigenvalue weighted by Crippen LogP contribution is -2.53. The van der Waals surface area contributed by atoms with Crippen molar-refractivity contribution in [1.82, 2.24) is 10.3 Å². The minimum absolute atomic E-state index is 0.226. The third kappa shape index (κ3) is 2.25. The van der Waals surface area contributed by atoms with Crippen LogP contribution in [0.4, 0.5) is 5.82 Å². The summed E-state index contributed by atoms with van der Waals surface area (Å²) in [5.41, 5.74) is 0.607. The fraction of sp³-hybridized carbons (Fsp3) is 0.571. The summed E-state index contributed by atoms with van der Waals surface area (Å²) in [6, 6.07) is 1.63. The van der Waals surface area contributed by atoms with E-state index in [1.54, 1.807) is 6.07 Å². The fourth-order valence-corrected chi connectivity index (χ4v) is 3.23. The second-order valence-corrected chi connectivity index (χ2v) is 6.04. The van der Waals surface area contributed by atoms with Crippen molar-refractivity contribution in [2.24, 2.45) is 5.92 Å². The number of nitrogens with one attached hydrogen (secondary N) is 1. The minimum Gasteiger partial charge on any atom is -0.465 e. The summed E-state index contributed by atoms with van der Waals surface area (Å²) in [6.07, 6.45) is 2.72. The molecule has 1 aromatic rings. The number of rotatable bonds is 2. The Morgan fingerprint density at radius 3 is 3.00 bits per heavy atom. The Morgan fingerprint density at radius 2 is 2.40 bits per heavy atom. The van der Waals surface area contributed by atoms with Crippen molar-refractivity contribution < 1.29 is 9.53 Å². The van der Waals surface area contributed by atoms with Gasteiger partial charge in [-0.1, -0.05) is 18.5 Å². The first kappa shape index (κ1) is 13.6. The first-order valence-corrected chi connectivity index (χ1v) is 7.17. The van der Waals surface area contributed by atoms with Gasteiger partial charge in [0.1, 0.15) is 5.82 Å². The van der Waals surface area contributed by atoms with Crippen molar-refractivity contribution in [2.75, 3.05) is 31.6 Å². The van der Waals surface area contributed by atoms with Gasteiger partial charge in [-0.05, 0) is 18.4 Å². The number of piperazine rings is 1. The molecule has 5 nitrogen and oxygen atoms in total. The van der Waals surface area contributed by atoms with Crippen molar-refractivity contribution in [2.45, 2.75) is 18.9 Å². The van der Waals surface area contributed by atoms with E-state index in [9.17, 15) is 4.79 Å². The number of carbonyl (C=O) groups excluding carboxylic acids is 1. The van der Waals surface area contributed by atoms with Crippen LogP contribution in [0.1, 0.15) is 23.7 Å². The Balaban J connectivity index is 1.82. The Labute approximate surface area is 123 Å². The molecule has 1 spiro atoms. The maximum absolute atomic E-state index is 11.5. The molecule has 0 aromatic carbocycles. The highest BCUT2D eigenvalue weighted by molar-refractivity contribution is 6.33. The standard InChI is InChI=1S/C14H18ClN3O2/c1-9-6-14(9)8-18(4-3-17-14)12-11(15)5-10(7-16-12)13(19)20-2/h5,7,9,17H,3-4,6,8H2,1-2H3. The Morgan fingerprint density at radius 1 is 1.65 bits per heavy atom. The van der Waals surface area contributed by atoms with Crippen LogP contribution in [-0.4, -0.2) is 43.2 Å². The number of nitrogens with zero attached hydrogens (tertiary/aromatic N) is 2. The Kier molecular flexibility index (Phi) is 3.34. The van der Waals surface area contributed by atoms with E-state index in [1.165, 1.54) is 19.7 Å². The third-order valence-electron chi connectivity index (χ3n) is 4.33. The smallest absolute Gasteiger partial charge is 0.339 e. The molecule has 1 N–H and O–H groups in total. The number of ether oxygens (including phenoxy) is 1. The van der Waals surface area contributed by atoms with Crippen LogP contribution in [0.5, 0.6) is 0 Å². The quantitative estimate of drug-likeness (QED) is 0.842. The molecule has 20 heavy (non-hydrogen) atoms. The highest BCUT2D eigenvalue weighted by Gasteiger charge is 2.53. The van der Waals surface area contributed by atoms with Crippen molar-refractivity contribution in [3.63, 3.8) is 0 Å². The lowest BCUT2D eigenvalue weighted by atomic mass is 10.1. The number of methoxy groups -OCH3 is 1. The van der Waals surface area contributed by atoms with Crippen LogP contribution in [0.25, 0.3) is 0 Å². The Hall–Kier alpha value is -1.33. The van der Waals surface area contributed by atoms with Gasteiger partial charge in [-0.3, -0.25) is 0 Å². The molecule has 2 atom stereocenters. The van der Waals surface area contributed by atoms with Crippen LogP contribution >= 0.6 is 11.6 Å². The van der Waals surface area contributed by atoms with E-state index in [0.29, 0.717) is 16.5 Å². The van der Waals surface area contributed by atoms with Gasteiger partial charge in [0.2, 0.25) is 0 Å². The van der Waals surface area contributed by atoms with Crippen LogP contribution in [0, 0.1) is 5.92 Å². The Bertz CT molecular complexity index is 551. The average Bonchev–Trinajstić information content (AvgIpc) is 3.06. The maximum Gasteiger partial charge on any atom is 0.339 e. The van der Waals surface area contributed by atoms with Gasteiger partial charge in [0, 0.05) is 31.4 Å². The summed E-state index contributed by atoms with van der Waals surface area (Å²) < 4.78 is 4.67. The molecule has 1 aliphatic carbocycles. The van der Waals surface area contributed by atoms with E-state index in [-0.39, 0.29) is 5.54 Å². The molecule has 108 valence electrons. The van der Waals surface area contributed by atoms with Crippen molar-refractivity contribution >= 4 is 23.4 Å². The monoisotopic (exact) mass is 295 g/mol. The SMILES string of the molecule is COC(=O)c1cnc(N2CCNC3(CC3C)C2)c(Cl)c1. The molecule has 1 saturated carbocycles. The van der Waals surface area contributed by atoms with Gasteiger partial charge in [0.25, 0.3) is 0 Å². The predicted molar refractivity (Wildman–Crippen MR) is 77.3 cm³/mol. The zero-order valence-corrected chi connectivity index (χ0v) is 12.4. The number of hydrogen-bond donors (Lipinski definition) is 1. The van der Waals surface area contributed by atoms with E-state index < -0.39 is 5.97 Å². The molecule has 0 bridgehead atoms. The van der Waals surface area contributed by atoms with Gasteiger partial charge >= 0.3 is 5.97 Å². The van der Waals surface area contributed by atoms with Crippen LogP contribution in [0.3, 0.4) is 0 Å². The molecule has 6 heteroatoms. The van der Waals surface area contributed by atoms with Crippen LogP contribution < -0.4 is 10.2 Å². The predicted octanol–water partition coefficient (Wildman–Crippen LogP) is 1.71. The van der Waals surface area contributed by atoms with E-state index in [1.807, 2.05) is 0 Å². The molecule has 1 saturated heterocycles. The van der Waals surface area contributed by atoms with Gasteiger partial charge in [-0.25, -0.2) is 9.78 Å². The average molecular weight is 296 g/mol. The first-order valence-electron chi connectivity index (χ1n) is 6.79. The molecule has 2 aliphatic rings. The second kappa shape index (κ2) is 4.90. The first-order chi connectivity index (χ1) is 9.55. The van der Waals surface area contributed by atoms with Crippen molar-refractivity contribution in [1.29, 1.82) is 0 Å². The highest BCUT2D eigenvalue weighted by Crippen LogP contribution is 2.45. The number of aromatic nitrogens is 1. The number of halogens is 1. The topological polar surface area (TPSA) is 54.5 Å². The largest absolute Gasteiger partial charge is 0.465 e. The summed E-state index contributed by atoms with van der Waals surface area (Å²) in [6.45, 7) is 4.98. The minimum atomic E-state index is -0.418. The number of carbonyl (C=O) groups is 1. The summed E-state index contributed by atoms with van der Waals surface area (Å²) >= 11 is 6.28. The summed E-state index contributed by atoms with van der Waals surface area (Å²) in [5, 5.41) is 4.09. The molecule has 2 fully saturated rings. The maximum atomic E-state index is 11.5. The van der Waals surface area contributed by atoms with Crippen molar-refractivity contribution in [3.05, 3.63) is 22.8 Å². The molecule has 3 rings (SSSR count). The molecule has 0 amide bonds. The summed E-state index contributed by atoms with van der Waals surface area (Å²) in [7, 11) is 1.35. The second-order valence-electron chi connectivity index (χ2n) is 5.63. The van der Waals surface area contributed by atoms with E-state index >= 15 is 0 Å². The van der Waals surface area contributed by atoms with Crippen LogP contribution in [0.2, 0.25) is 5.02 Å². The van der Waals surface area contributed by atoms with Gasteiger partial charge < -0.3 is 15.0 Å². The number of esters is 1. The lowest BCUT2D eigenvalue weighted by Gasteiger charge is -2.36. The van der Waals surface area contributed by atoms with Crippen LogP contribution in [0.15, 0.2) is 12.3 Å². The number of anilines is 1. The number of hydrogen-bond acceptors (Lipinski definition) is 5. The van der Waals surface area contributed by atoms with E-state index in [4.69, 9.17) is 11.6 Å². The molecule has 2 heterocycles. The van der Waals surface area contributed by atoms with E-state index in [0.717, 1.165) is 25.5 Å². The van der Waals surface area contributed by atoms with Gasteiger partial charge in [-0.15, -0.1) is 0 Å². The molecule has 1 aliphatic heterocycles. The third-order valence-corrected chi connectivity index (χ3v) is 4.61. The zero-order chi connectivity index (χ0) is 14.3. The normalized spacial score (nSPS) is 28.6. The summed E-state index contributed by atoms with van der Waals surface area (Å²) in [4.78, 5) is 18.0. The van der Waals surface area contributed by atoms with E-state index in [2.05, 4.69) is 26.9 Å². The van der Waals surface area contributed by atoms with Crippen LogP contribution in [-0.2, 0) is 4.74 Å². The van der Waals surface area contributed by atoms with Crippen molar-refractivity contribution in [3.8, 4) is 0 Å². The number of pyridine rings is 1. The highest BCUT2D eigenvalue weighted by atomic mass is 35.5. The molecule has 2 unspecified atom stereocenters. The molecular formula is C14H18ClN3O2. The van der Waals surface area contributed by atoms with Gasteiger partial charge in [0.05, 0.1) is 17.7 Å². The molecule has 1 aromatic heterocycles.